The Labute approximate surface area is 427 Å². The molecule has 0 saturated heterocycles. The molecule has 0 fully saturated rings. The summed E-state index contributed by atoms with van der Waals surface area (Å²) in [5.74, 6) is -0.916. The highest BCUT2D eigenvalue weighted by atomic mass is 16.6. The summed E-state index contributed by atoms with van der Waals surface area (Å²) in [5.41, 5.74) is 0. The molecule has 6 nitrogen and oxygen atoms in total. The van der Waals surface area contributed by atoms with Gasteiger partial charge in [-0.2, -0.15) is 0 Å². The predicted octanol–water partition coefficient (Wildman–Crippen LogP) is 19.8. The molecule has 0 bridgehead atoms. The second kappa shape index (κ2) is 57.4. The molecule has 0 heterocycles. The Morgan fingerprint density at radius 2 is 0.565 bits per heavy atom. The molecule has 0 unspecified atom stereocenters. The summed E-state index contributed by atoms with van der Waals surface area (Å²) in [7, 11) is 0. The zero-order valence-corrected chi connectivity index (χ0v) is 45.6. The standard InChI is InChI=1S/C63H110O6/c1-4-7-10-13-16-19-22-25-28-30-31-33-36-38-41-44-47-50-53-56-62(65)68-59-60(69-63(66)57-54-51-48-45-42-39-34-27-24-21-18-15-12-9-6-3)58-67-61(64)55-52-49-46-43-40-37-35-32-29-26-23-20-17-14-11-8-5-2/h9,12,17-18,20-21,26-27,29,34-35,37,60H,4-8,10-11,13-16,19,22-25,28,30-33,36,38-59H2,1-3H3/b12-9-,20-17-,21-18-,29-26-,34-27-,37-35-/t60-/m1/s1. The minimum Gasteiger partial charge on any atom is -0.462 e. The number of rotatable bonds is 53. The molecule has 1 atom stereocenters. The lowest BCUT2D eigenvalue weighted by Gasteiger charge is -2.18. The molecule has 398 valence electrons. The zero-order valence-electron chi connectivity index (χ0n) is 45.6. The molecule has 0 N–H and O–H groups in total. The summed E-state index contributed by atoms with van der Waals surface area (Å²) < 4.78 is 16.9. The van der Waals surface area contributed by atoms with E-state index in [9.17, 15) is 14.4 Å². The van der Waals surface area contributed by atoms with Crippen molar-refractivity contribution in [2.45, 2.75) is 297 Å². The van der Waals surface area contributed by atoms with Crippen LogP contribution in [0.25, 0.3) is 0 Å². The van der Waals surface area contributed by atoms with Crippen molar-refractivity contribution in [1.82, 2.24) is 0 Å². The van der Waals surface area contributed by atoms with Gasteiger partial charge in [-0.3, -0.25) is 14.4 Å². The van der Waals surface area contributed by atoms with E-state index < -0.39 is 6.10 Å². The fraction of sp³-hybridized carbons (Fsp3) is 0.762. The zero-order chi connectivity index (χ0) is 50.0. The third-order valence-electron chi connectivity index (χ3n) is 12.7. The summed E-state index contributed by atoms with van der Waals surface area (Å²) in [4.78, 5) is 38.2. The van der Waals surface area contributed by atoms with E-state index in [-0.39, 0.29) is 31.1 Å². The molecule has 6 heteroatoms. The van der Waals surface area contributed by atoms with Gasteiger partial charge in [0.1, 0.15) is 13.2 Å². The first-order chi connectivity index (χ1) is 34.0. The number of allylic oxidation sites excluding steroid dienone is 12. The average Bonchev–Trinajstić information content (AvgIpc) is 3.35. The van der Waals surface area contributed by atoms with E-state index in [1.54, 1.807) is 0 Å². The van der Waals surface area contributed by atoms with Crippen molar-refractivity contribution in [3.63, 3.8) is 0 Å². The molecule has 0 aliphatic rings. The molecule has 69 heavy (non-hydrogen) atoms. The first-order valence-electron chi connectivity index (χ1n) is 29.4. The molecule has 0 radical (unpaired) electrons. The van der Waals surface area contributed by atoms with Crippen molar-refractivity contribution in [2.24, 2.45) is 0 Å². The van der Waals surface area contributed by atoms with Crippen LogP contribution in [-0.2, 0) is 28.6 Å². The van der Waals surface area contributed by atoms with Gasteiger partial charge in [0, 0.05) is 19.3 Å². The quantitative estimate of drug-likeness (QED) is 0.0262. The van der Waals surface area contributed by atoms with Gasteiger partial charge in [-0.1, -0.05) is 254 Å². The smallest absolute Gasteiger partial charge is 0.306 e. The van der Waals surface area contributed by atoms with Crippen LogP contribution in [0.4, 0.5) is 0 Å². The van der Waals surface area contributed by atoms with Crippen LogP contribution in [-0.4, -0.2) is 37.2 Å². The Bertz CT molecular complexity index is 1290. The minimum absolute atomic E-state index is 0.0876. The van der Waals surface area contributed by atoms with Gasteiger partial charge in [-0.25, -0.2) is 0 Å². The van der Waals surface area contributed by atoms with Crippen LogP contribution in [0, 0.1) is 0 Å². The van der Waals surface area contributed by atoms with Crippen LogP contribution in [0.5, 0.6) is 0 Å². The lowest BCUT2D eigenvalue weighted by molar-refractivity contribution is -0.167. The second-order valence-corrected chi connectivity index (χ2v) is 19.5. The Balaban J connectivity index is 4.40. The average molecular weight is 964 g/mol. The van der Waals surface area contributed by atoms with E-state index in [1.165, 1.54) is 128 Å². The molecule has 0 aliphatic heterocycles. The largest absolute Gasteiger partial charge is 0.462 e. The fourth-order valence-electron chi connectivity index (χ4n) is 8.29. The normalized spacial score (nSPS) is 12.6. The summed E-state index contributed by atoms with van der Waals surface area (Å²) in [6, 6.07) is 0. The Kier molecular flexibility index (Phi) is 54.8. The summed E-state index contributed by atoms with van der Waals surface area (Å²) in [5, 5.41) is 0. The minimum atomic E-state index is -0.793. The molecule has 0 saturated carbocycles. The van der Waals surface area contributed by atoms with Gasteiger partial charge < -0.3 is 14.2 Å². The lowest BCUT2D eigenvalue weighted by atomic mass is 10.0. The molecular formula is C63H110O6. The van der Waals surface area contributed by atoms with Gasteiger partial charge in [0.2, 0.25) is 0 Å². The molecular weight excluding hydrogens is 853 g/mol. The molecule has 0 aliphatic carbocycles. The number of hydrogen-bond acceptors (Lipinski definition) is 6. The molecule has 0 aromatic heterocycles. The van der Waals surface area contributed by atoms with Crippen molar-refractivity contribution in [3.05, 3.63) is 72.9 Å². The van der Waals surface area contributed by atoms with E-state index in [1.807, 2.05) is 0 Å². The number of esters is 3. The van der Waals surface area contributed by atoms with Crippen molar-refractivity contribution in [3.8, 4) is 0 Å². The fourth-order valence-corrected chi connectivity index (χ4v) is 8.29. The monoisotopic (exact) mass is 963 g/mol. The molecule has 0 amide bonds. The third kappa shape index (κ3) is 55.6. The van der Waals surface area contributed by atoms with Crippen LogP contribution in [0.15, 0.2) is 72.9 Å². The second-order valence-electron chi connectivity index (χ2n) is 19.5. The summed E-state index contributed by atoms with van der Waals surface area (Å²) in [6.07, 6.45) is 73.2. The van der Waals surface area contributed by atoms with Gasteiger partial charge >= 0.3 is 17.9 Å². The van der Waals surface area contributed by atoms with Gasteiger partial charge in [0.25, 0.3) is 0 Å². The van der Waals surface area contributed by atoms with Gasteiger partial charge in [-0.15, -0.1) is 0 Å². The predicted molar refractivity (Wildman–Crippen MR) is 298 cm³/mol. The van der Waals surface area contributed by atoms with Crippen LogP contribution in [0.3, 0.4) is 0 Å². The van der Waals surface area contributed by atoms with Gasteiger partial charge in [0.05, 0.1) is 0 Å². The maximum Gasteiger partial charge on any atom is 0.306 e. The number of carbonyl (C=O) groups excluding carboxylic acids is 3. The first-order valence-corrected chi connectivity index (χ1v) is 29.4. The maximum atomic E-state index is 12.9. The van der Waals surface area contributed by atoms with Crippen molar-refractivity contribution in [2.75, 3.05) is 13.2 Å². The number of ether oxygens (including phenoxy) is 3. The van der Waals surface area contributed by atoms with Crippen molar-refractivity contribution >= 4 is 17.9 Å². The van der Waals surface area contributed by atoms with E-state index in [4.69, 9.17) is 14.2 Å². The molecule has 0 aromatic carbocycles. The van der Waals surface area contributed by atoms with Crippen molar-refractivity contribution < 1.29 is 28.6 Å². The summed E-state index contributed by atoms with van der Waals surface area (Å²) >= 11 is 0. The molecule has 0 rings (SSSR count). The first kappa shape index (κ1) is 65.8. The van der Waals surface area contributed by atoms with Gasteiger partial charge in [-0.05, 0) is 89.9 Å². The van der Waals surface area contributed by atoms with Crippen LogP contribution in [0.1, 0.15) is 290 Å². The van der Waals surface area contributed by atoms with Crippen molar-refractivity contribution in [1.29, 1.82) is 0 Å². The van der Waals surface area contributed by atoms with E-state index in [0.29, 0.717) is 19.3 Å². The number of unbranched alkanes of at least 4 members (excludes halogenated alkanes) is 30. The highest BCUT2D eigenvalue weighted by Crippen LogP contribution is 2.16. The van der Waals surface area contributed by atoms with E-state index >= 15 is 0 Å². The van der Waals surface area contributed by atoms with E-state index in [2.05, 4.69) is 93.7 Å². The highest BCUT2D eigenvalue weighted by Gasteiger charge is 2.19. The van der Waals surface area contributed by atoms with E-state index in [0.717, 1.165) is 122 Å². The topological polar surface area (TPSA) is 78.9 Å². The SMILES string of the molecule is CC/C=C\C/C=C\C/C=C\CCCCCCCC(=O)O[C@H](COC(=O)CCCCCC/C=C\C/C=C\C/C=C\CCCCC)COC(=O)CCCCCCCCCCCCCCCCCCCCC. The highest BCUT2D eigenvalue weighted by molar-refractivity contribution is 5.71. The Morgan fingerprint density at radius 1 is 0.304 bits per heavy atom. The summed E-state index contributed by atoms with van der Waals surface area (Å²) in [6.45, 7) is 6.50. The third-order valence-corrected chi connectivity index (χ3v) is 12.7. The number of carbonyl (C=O) groups is 3. The molecule has 0 spiro atoms. The Hall–Kier alpha value is -3.15. The van der Waals surface area contributed by atoms with Crippen LogP contribution >= 0.6 is 0 Å². The number of hydrogen-bond donors (Lipinski definition) is 0. The van der Waals surface area contributed by atoms with Crippen LogP contribution in [0.2, 0.25) is 0 Å². The Morgan fingerprint density at radius 3 is 0.913 bits per heavy atom. The molecule has 0 aromatic rings. The lowest BCUT2D eigenvalue weighted by Crippen LogP contribution is -2.30. The maximum absolute atomic E-state index is 12.9. The van der Waals surface area contributed by atoms with Gasteiger partial charge in [0.15, 0.2) is 6.10 Å². The van der Waals surface area contributed by atoms with Crippen LogP contribution < -0.4 is 0 Å².